The van der Waals surface area contributed by atoms with Gasteiger partial charge in [0.25, 0.3) is 5.91 Å². The summed E-state index contributed by atoms with van der Waals surface area (Å²) >= 11 is 5.99. The van der Waals surface area contributed by atoms with Crippen molar-refractivity contribution in [1.82, 2.24) is 14.8 Å². The molecule has 1 aliphatic heterocycles. The molecule has 7 heteroatoms. The number of likely N-dealkylation sites (tertiary alicyclic amines) is 1. The average Bonchev–Trinajstić information content (AvgIpc) is 2.93. The maximum atomic E-state index is 12.5. The molecule has 0 aliphatic carbocycles. The van der Waals surface area contributed by atoms with E-state index < -0.39 is 5.60 Å². The van der Waals surface area contributed by atoms with Gasteiger partial charge in [0, 0.05) is 26.3 Å². The Labute approximate surface area is 147 Å². The fourth-order valence-corrected chi connectivity index (χ4v) is 2.94. The van der Waals surface area contributed by atoms with Gasteiger partial charge in [-0.3, -0.25) is 4.79 Å². The molecule has 6 nitrogen and oxygen atoms in total. The van der Waals surface area contributed by atoms with Crippen LogP contribution in [-0.4, -0.2) is 58.6 Å². The molecule has 1 saturated heterocycles. The zero-order chi connectivity index (χ0) is 17.9. The van der Waals surface area contributed by atoms with E-state index in [-0.39, 0.29) is 23.2 Å². The predicted molar refractivity (Wildman–Crippen MR) is 92.2 cm³/mol. The van der Waals surface area contributed by atoms with Crippen LogP contribution in [0.4, 0.5) is 4.79 Å². The summed E-state index contributed by atoms with van der Waals surface area (Å²) in [5.74, 6) is -0.205. The third-order valence-electron chi connectivity index (χ3n) is 3.83. The molecule has 1 fully saturated rings. The summed E-state index contributed by atoms with van der Waals surface area (Å²) in [5.41, 5.74) is -0.168. The molecule has 132 valence electrons. The highest BCUT2D eigenvalue weighted by atomic mass is 35.5. The topological polar surface area (TPSA) is 62.7 Å². The van der Waals surface area contributed by atoms with Crippen LogP contribution < -0.4 is 0 Å². The van der Waals surface area contributed by atoms with Crippen molar-refractivity contribution in [1.29, 1.82) is 0 Å². The van der Waals surface area contributed by atoms with E-state index in [2.05, 4.69) is 4.98 Å². The second-order valence-electron chi connectivity index (χ2n) is 7.00. The van der Waals surface area contributed by atoms with Gasteiger partial charge in [-0.05, 0) is 45.7 Å². The Balaban J connectivity index is 2.02. The SMILES string of the molecule is CN(C[C@@H]1CCCN1C(=O)OC(C)(C)C)C(=O)c1cccnc1Cl. The number of hydrogen-bond acceptors (Lipinski definition) is 4. The number of pyridine rings is 1. The predicted octanol–water partition coefficient (Wildman–Crippen LogP) is 3.21. The van der Waals surface area contributed by atoms with Gasteiger partial charge in [0.1, 0.15) is 10.8 Å². The molecule has 2 rings (SSSR count). The third-order valence-corrected chi connectivity index (χ3v) is 4.13. The number of rotatable bonds is 3. The molecule has 2 amide bonds. The number of carbonyl (C=O) groups excluding carboxylic acids is 2. The number of halogens is 1. The number of aromatic nitrogens is 1. The lowest BCUT2D eigenvalue weighted by molar-refractivity contribution is 0.0199. The van der Waals surface area contributed by atoms with Crippen LogP contribution in [0.5, 0.6) is 0 Å². The molecule has 0 spiro atoms. The third kappa shape index (κ3) is 4.60. The Kier molecular flexibility index (Phi) is 5.70. The van der Waals surface area contributed by atoms with Gasteiger partial charge in [0.05, 0.1) is 11.6 Å². The van der Waals surface area contributed by atoms with Gasteiger partial charge >= 0.3 is 6.09 Å². The summed E-state index contributed by atoms with van der Waals surface area (Å²) in [5, 5.41) is 0.185. The zero-order valence-electron chi connectivity index (χ0n) is 14.6. The maximum Gasteiger partial charge on any atom is 0.410 e. The van der Waals surface area contributed by atoms with E-state index in [0.717, 1.165) is 12.8 Å². The number of likely N-dealkylation sites (N-methyl/N-ethyl adjacent to an activating group) is 1. The number of nitrogens with zero attached hydrogens (tertiary/aromatic N) is 3. The molecule has 24 heavy (non-hydrogen) atoms. The lowest BCUT2D eigenvalue weighted by atomic mass is 10.2. The van der Waals surface area contributed by atoms with E-state index in [1.165, 1.54) is 0 Å². The molecule has 0 unspecified atom stereocenters. The first-order valence-electron chi connectivity index (χ1n) is 8.04. The average molecular weight is 354 g/mol. The summed E-state index contributed by atoms with van der Waals surface area (Å²) < 4.78 is 5.45. The molecule has 1 atom stereocenters. The summed E-state index contributed by atoms with van der Waals surface area (Å²) in [7, 11) is 1.71. The Bertz CT molecular complexity index is 615. The van der Waals surface area contributed by atoms with Crippen LogP contribution in [0, 0.1) is 0 Å². The van der Waals surface area contributed by atoms with Crippen molar-refractivity contribution in [3.05, 3.63) is 29.0 Å². The van der Waals surface area contributed by atoms with Crippen molar-refractivity contribution in [2.75, 3.05) is 20.1 Å². The Morgan fingerprint density at radius 3 is 2.79 bits per heavy atom. The Morgan fingerprint density at radius 1 is 1.46 bits per heavy atom. The largest absolute Gasteiger partial charge is 0.444 e. The molecule has 0 aromatic carbocycles. The normalized spacial score (nSPS) is 17.7. The standard InChI is InChI=1S/C17H24ClN3O3/c1-17(2,3)24-16(23)21-10-6-7-12(21)11-20(4)15(22)13-8-5-9-19-14(13)18/h5,8-9,12H,6-7,10-11H2,1-4H3/t12-/m0/s1. The molecule has 2 heterocycles. The first kappa shape index (κ1) is 18.5. The number of ether oxygens (including phenoxy) is 1. The van der Waals surface area contributed by atoms with E-state index in [1.54, 1.807) is 35.2 Å². The molecule has 0 bridgehead atoms. The molecule has 1 aromatic rings. The summed E-state index contributed by atoms with van der Waals surface area (Å²) in [6, 6.07) is 3.27. The number of amides is 2. The summed E-state index contributed by atoms with van der Waals surface area (Å²) in [6.07, 6.45) is 2.96. The van der Waals surface area contributed by atoms with Crippen LogP contribution in [0.2, 0.25) is 5.15 Å². The van der Waals surface area contributed by atoms with Gasteiger partial charge in [0.15, 0.2) is 0 Å². The minimum atomic E-state index is -0.533. The van der Waals surface area contributed by atoms with Gasteiger partial charge in [0.2, 0.25) is 0 Å². The monoisotopic (exact) mass is 353 g/mol. The van der Waals surface area contributed by atoms with E-state index in [0.29, 0.717) is 18.7 Å². The second kappa shape index (κ2) is 7.38. The lowest BCUT2D eigenvalue weighted by Crippen LogP contribution is -2.45. The minimum Gasteiger partial charge on any atom is -0.444 e. The summed E-state index contributed by atoms with van der Waals surface area (Å²) in [6.45, 7) is 6.61. The van der Waals surface area contributed by atoms with Crippen LogP contribution >= 0.6 is 11.6 Å². The molecular weight excluding hydrogens is 330 g/mol. The first-order chi connectivity index (χ1) is 11.2. The minimum absolute atomic E-state index is 0.0516. The molecule has 0 radical (unpaired) electrons. The first-order valence-corrected chi connectivity index (χ1v) is 8.42. The Hall–Kier alpha value is -1.82. The number of hydrogen-bond donors (Lipinski definition) is 0. The fraction of sp³-hybridized carbons (Fsp3) is 0.588. The highest BCUT2D eigenvalue weighted by molar-refractivity contribution is 6.32. The van der Waals surface area contributed by atoms with Crippen molar-refractivity contribution in [2.45, 2.75) is 45.3 Å². The van der Waals surface area contributed by atoms with Crippen LogP contribution in [0.3, 0.4) is 0 Å². The van der Waals surface area contributed by atoms with Crippen molar-refractivity contribution < 1.29 is 14.3 Å². The quantitative estimate of drug-likeness (QED) is 0.783. The van der Waals surface area contributed by atoms with Gasteiger partial charge in [-0.1, -0.05) is 11.6 Å². The van der Waals surface area contributed by atoms with Crippen molar-refractivity contribution in [3.63, 3.8) is 0 Å². The van der Waals surface area contributed by atoms with Gasteiger partial charge in [-0.15, -0.1) is 0 Å². The second-order valence-corrected chi connectivity index (χ2v) is 7.36. The number of carbonyl (C=O) groups is 2. The molecule has 0 N–H and O–H groups in total. The van der Waals surface area contributed by atoms with Gasteiger partial charge < -0.3 is 14.5 Å². The molecule has 1 aliphatic rings. The van der Waals surface area contributed by atoms with Crippen LogP contribution in [0.15, 0.2) is 18.3 Å². The molecular formula is C17H24ClN3O3. The van der Waals surface area contributed by atoms with Crippen LogP contribution in [0.25, 0.3) is 0 Å². The molecule has 0 saturated carbocycles. The maximum absolute atomic E-state index is 12.5. The smallest absolute Gasteiger partial charge is 0.410 e. The molecule has 1 aromatic heterocycles. The van der Waals surface area contributed by atoms with Gasteiger partial charge in [-0.2, -0.15) is 0 Å². The van der Waals surface area contributed by atoms with Crippen LogP contribution in [0.1, 0.15) is 44.0 Å². The van der Waals surface area contributed by atoms with E-state index in [9.17, 15) is 9.59 Å². The Morgan fingerprint density at radius 2 is 2.17 bits per heavy atom. The van der Waals surface area contributed by atoms with Crippen LogP contribution in [-0.2, 0) is 4.74 Å². The fourth-order valence-electron chi connectivity index (χ4n) is 2.74. The van der Waals surface area contributed by atoms with Crippen molar-refractivity contribution in [2.24, 2.45) is 0 Å². The van der Waals surface area contributed by atoms with Crippen molar-refractivity contribution >= 4 is 23.6 Å². The van der Waals surface area contributed by atoms with Crippen molar-refractivity contribution in [3.8, 4) is 0 Å². The van der Waals surface area contributed by atoms with E-state index >= 15 is 0 Å². The zero-order valence-corrected chi connectivity index (χ0v) is 15.3. The lowest BCUT2D eigenvalue weighted by Gasteiger charge is -2.31. The summed E-state index contributed by atoms with van der Waals surface area (Å²) in [4.78, 5) is 32.1. The van der Waals surface area contributed by atoms with E-state index in [4.69, 9.17) is 16.3 Å². The highest BCUT2D eigenvalue weighted by Crippen LogP contribution is 2.22. The van der Waals surface area contributed by atoms with Gasteiger partial charge in [-0.25, -0.2) is 9.78 Å². The van der Waals surface area contributed by atoms with E-state index in [1.807, 2.05) is 20.8 Å². The highest BCUT2D eigenvalue weighted by Gasteiger charge is 2.33.